The normalized spacial score (nSPS) is 15.2. The number of likely N-dealkylation sites (tertiary alicyclic amines) is 1. The molecular weight excluding hydrogens is 381 g/mol. The maximum atomic E-state index is 12.3. The first-order valence-electron chi connectivity index (χ1n) is 8.18. The molecule has 0 unspecified atom stereocenters. The van der Waals surface area contributed by atoms with Crippen LogP contribution < -0.4 is 4.74 Å². The topological polar surface area (TPSA) is 29.5 Å². The highest BCUT2D eigenvalue weighted by atomic mass is 35.5. The predicted molar refractivity (Wildman–Crippen MR) is 102 cm³/mol. The number of hydrogen-bond acceptors (Lipinski definition) is 2. The molecule has 2 aromatic carbocycles. The summed E-state index contributed by atoms with van der Waals surface area (Å²) < 4.78 is 5.39. The van der Waals surface area contributed by atoms with Crippen molar-refractivity contribution >= 4 is 40.9 Å². The van der Waals surface area contributed by atoms with Crippen molar-refractivity contribution in [1.82, 2.24) is 4.90 Å². The average Bonchev–Trinajstić information content (AvgIpc) is 2.61. The van der Waals surface area contributed by atoms with Crippen molar-refractivity contribution < 1.29 is 9.53 Å². The van der Waals surface area contributed by atoms with Crippen molar-refractivity contribution in [2.45, 2.75) is 19.3 Å². The van der Waals surface area contributed by atoms with Gasteiger partial charge >= 0.3 is 6.09 Å². The molecule has 0 N–H and O–H groups in total. The lowest BCUT2D eigenvalue weighted by molar-refractivity contribution is 0.131. The van der Waals surface area contributed by atoms with Gasteiger partial charge in [-0.15, -0.1) is 0 Å². The van der Waals surface area contributed by atoms with Crippen LogP contribution in [-0.2, 0) is 6.42 Å². The number of carbonyl (C=O) groups is 1. The van der Waals surface area contributed by atoms with Crippen LogP contribution in [0.2, 0.25) is 15.1 Å². The minimum absolute atomic E-state index is 0.229. The zero-order valence-corrected chi connectivity index (χ0v) is 15.8. The Hall–Kier alpha value is -1.42. The number of piperidine rings is 1. The molecule has 1 fully saturated rings. The van der Waals surface area contributed by atoms with E-state index in [2.05, 4.69) is 24.3 Å². The fraction of sp³-hybridized carbons (Fsp3) is 0.316. The Bertz CT molecular complexity index is 744. The van der Waals surface area contributed by atoms with Gasteiger partial charge in [-0.25, -0.2) is 4.79 Å². The third kappa shape index (κ3) is 4.81. The third-order valence-corrected chi connectivity index (χ3v) is 5.43. The van der Waals surface area contributed by atoms with Gasteiger partial charge in [0.05, 0.1) is 15.1 Å². The van der Waals surface area contributed by atoms with Gasteiger partial charge in [0.1, 0.15) is 0 Å². The van der Waals surface area contributed by atoms with E-state index in [9.17, 15) is 4.79 Å². The molecule has 0 aromatic heterocycles. The monoisotopic (exact) mass is 397 g/mol. The van der Waals surface area contributed by atoms with Gasteiger partial charge in [-0.3, -0.25) is 0 Å². The van der Waals surface area contributed by atoms with Crippen molar-refractivity contribution in [2.24, 2.45) is 5.92 Å². The van der Waals surface area contributed by atoms with Crippen molar-refractivity contribution in [3.05, 3.63) is 63.1 Å². The Labute approximate surface area is 162 Å². The third-order valence-electron chi connectivity index (χ3n) is 4.41. The average molecular weight is 399 g/mol. The maximum Gasteiger partial charge on any atom is 0.415 e. The highest BCUT2D eigenvalue weighted by Gasteiger charge is 2.25. The summed E-state index contributed by atoms with van der Waals surface area (Å²) in [4.78, 5) is 14.1. The molecule has 132 valence electrons. The lowest BCUT2D eigenvalue weighted by Crippen LogP contribution is -2.40. The number of rotatable bonds is 3. The Morgan fingerprint density at radius 2 is 1.64 bits per heavy atom. The van der Waals surface area contributed by atoms with E-state index in [0.29, 0.717) is 29.1 Å². The van der Waals surface area contributed by atoms with E-state index in [1.165, 1.54) is 17.7 Å². The van der Waals surface area contributed by atoms with Crippen LogP contribution in [0.3, 0.4) is 0 Å². The number of nitrogens with zero attached hydrogens (tertiary/aromatic N) is 1. The number of halogens is 3. The quantitative estimate of drug-likeness (QED) is 0.585. The molecule has 1 saturated heterocycles. The highest BCUT2D eigenvalue weighted by Crippen LogP contribution is 2.34. The Morgan fingerprint density at radius 1 is 1.00 bits per heavy atom. The van der Waals surface area contributed by atoms with Crippen LogP contribution in [0.15, 0.2) is 42.5 Å². The van der Waals surface area contributed by atoms with Crippen LogP contribution in [0.5, 0.6) is 5.75 Å². The van der Waals surface area contributed by atoms with Gasteiger partial charge in [-0.05, 0) is 36.8 Å². The molecule has 25 heavy (non-hydrogen) atoms. The van der Waals surface area contributed by atoms with Crippen LogP contribution in [0.25, 0.3) is 0 Å². The van der Waals surface area contributed by atoms with Crippen LogP contribution in [0, 0.1) is 5.92 Å². The smallest absolute Gasteiger partial charge is 0.409 e. The Morgan fingerprint density at radius 3 is 2.32 bits per heavy atom. The first kappa shape index (κ1) is 18.4. The van der Waals surface area contributed by atoms with Gasteiger partial charge in [-0.2, -0.15) is 0 Å². The molecule has 2 aromatic rings. The molecular formula is C19H18Cl3NO2. The lowest BCUT2D eigenvalue weighted by Gasteiger charge is -2.31. The predicted octanol–water partition coefficient (Wildman–Crippen LogP) is 6.10. The summed E-state index contributed by atoms with van der Waals surface area (Å²) in [6, 6.07) is 13.4. The van der Waals surface area contributed by atoms with Crippen molar-refractivity contribution in [1.29, 1.82) is 0 Å². The lowest BCUT2D eigenvalue weighted by atomic mass is 9.90. The SMILES string of the molecule is O=C(Oc1cc(Cl)c(Cl)cc1Cl)N1CCC(Cc2ccccc2)CC1. The Balaban J connectivity index is 1.54. The summed E-state index contributed by atoms with van der Waals surface area (Å²) in [5.41, 5.74) is 1.34. The summed E-state index contributed by atoms with van der Waals surface area (Å²) in [6.07, 6.45) is 2.55. The molecule has 1 aliphatic rings. The van der Waals surface area contributed by atoms with E-state index < -0.39 is 6.09 Å². The Kier molecular flexibility index (Phi) is 6.10. The molecule has 0 atom stereocenters. The molecule has 0 radical (unpaired) electrons. The zero-order chi connectivity index (χ0) is 17.8. The standard InChI is InChI=1S/C19H18Cl3NO2/c20-15-11-17(22)18(12-16(15)21)25-19(24)23-8-6-14(7-9-23)10-13-4-2-1-3-5-13/h1-5,11-12,14H,6-10H2. The van der Waals surface area contributed by atoms with Crippen LogP contribution in [0.4, 0.5) is 4.79 Å². The van der Waals surface area contributed by atoms with E-state index in [1.54, 1.807) is 4.90 Å². The molecule has 3 nitrogen and oxygen atoms in total. The van der Waals surface area contributed by atoms with Gasteiger partial charge in [0, 0.05) is 19.2 Å². The van der Waals surface area contributed by atoms with Gasteiger partial charge in [0.15, 0.2) is 5.75 Å². The van der Waals surface area contributed by atoms with Gasteiger partial charge < -0.3 is 9.64 Å². The molecule has 0 saturated carbocycles. The van der Waals surface area contributed by atoms with E-state index in [0.717, 1.165) is 19.3 Å². The van der Waals surface area contributed by atoms with Gasteiger partial charge in [0.25, 0.3) is 0 Å². The molecule has 0 aliphatic carbocycles. The second-order valence-electron chi connectivity index (χ2n) is 6.18. The van der Waals surface area contributed by atoms with E-state index in [4.69, 9.17) is 39.5 Å². The fourth-order valence-corrected chi connectivity index (χ4v) is 3.58. The first-order chi connectivity index (χ1) is 12.0. The van der Waals surface area contributed by atoms with Gasteiger partial charge in [-0.1, -0.05) is 65.1 Å². The van der Waals surface area contributed by atoms with E-state index in [1.807, 2.05) is 6.07 Å². The molecule has 1 aliphatic heterocycles. The molecule has 1 heterocycles. The number of carbonyl (C=O) groups excluding carboxylic acids is 1. The highest BCUT2D eigenvalue weighted by molar-refractivity contribution is 6.43. The summed E-state index contributed by atoms with van der Waals surface area (Å²) in [7, 11) is 0. The van der Waals surface area contributed by atoms with Crippen LogP contribution in [-0.4, -0.2) is 24.1 Å². The number of hydrogen-bond donors (Lipinski definition) is 0. The second kappa shape index (κ2) is 8.31. The first-order valence-corrected chi connectivity index (χ1v) is 9.31. The molecule has 0 bridgehead atoms. The molecule has 3 rings (SSSR count). The molecule has 6 heteroatoms. The second-order valence-corrected chi connectivity index (χ2v) is 7.41. The van der Waals surface area contributed by atoms with Crippen molar-refractivity contribution in [3.63, 3.8) is 0 Å². The molecule has 0 spiro atoms. The van der Waals surface area contributed by atoms with Crippen molar-refractivity contribution in [3.8, 4) is 5.75 Å². The summed E-state index contributed by atoms with van der Waals surface area (Å²) in [6.45, 7) is 1.35. The van der Waals surface area contributed by atoms with Crippen LogP contribution in [0.1, 0.15) is 18.4 Å². The maximum absolute atomic E-state index is 12.3. The van der Waals surface area contributed by atoms with E-state index in [-0.39, 0.29) is 10.8 Å². The summed E-state index contributed by atoms with van der Waals surface area (Å²) in [5.74, 6) is 0.812. The number of ether oxygens (including phenoxy) is 1. The number of benzene rings is 2. The van der Waals surface area contributed by atoms with Gasteiger partial charge in [0.2, 0.25) is 0 Å². The summed E-state index contributed by atoms with van der Waals surface area (Å²) in [5, 5.41) is 0.894. The molecule has 1 amide bonds. The fourth-order valence-electron chi connectivity index (χ4n) is 3.01. The minimum atomic E-state index is -0.404. The minimum Gasteiger partial charge on any atom is -0.409 e. The zero-order valence-electron chi connectivity index (χ0n) is 13.6. The number of amides is 1. The summed E-state index contributed by atoms with van der Waals surface area (Å²) >= 11 is 17.9. The van der Waals surface area contributed by atoms with E-state index >= 15 is 0 Å². The largest absolute Gasteiger partial charge is 0.415 e. The van der Waals surface area contributed by atoms with Crippen molar-refractivity contribution in [2.75, 3.05) is 13.1 Å². The van der Waals surface area contributed by atoms with Crippen LogP contribution >= 0.6 is 34.8 Å².